The molecule has 0 saturated carbocycles. The number of aryl methyl sites for hydroxylation is 1. The van der Waals surface area contributed by atoms with Crippen molar-refractivity contribution in [3.05, 3.63) is 99.5 Å². The molecule has 2 heteroatoms. The lowest BCUT2D eigenvalue weighted by molar-refractivity contribution is 0.303. The molecule has 0 amide bonds. The van der Waals surface area contributed by atoms with Gasteiger partial charge in [0.25, 0.3) is 0 Å². The molecule has 0 spiro atoms. The van der Waals surface area contributed by atoms with Crippen molar-refractivity contribution in [2.45, 2.75) is 45.6 Å². The fourth-order valence-electron chi connectivity index (χ4n) is 3.85. The highest BCUT2D eigenvalue weighted by molar-refractivity contribution is 9.10. The van der Waals surface area contributed by atoms with Gasteiger partial charge in [-0.25, -0.2) is 0 Å². The number of halogens is 1. The van der Waals surface area contributed by atoms with Crippen LogP contribution in [-0.2, 0) is 12.0 Å². The van der Waals surface area contributed by atoms with Crippen LogP contribution in [0.25, 0.3) is 0 Å². The van der Waals surface area contributed by atoms with Gasteiger partial charge in [0, 0.05) is 9.89 Å². The summed E-state index contributed by atoms with van der Waals surface area (Å²) in [4.78, 5) is 0. The molecule has 0 unspecified atom stereocenters. The first-order valence-electron chi connectivity index (χ1n) is 9.63. The van der Waals surface area contributed by atoms with Gasteiger partial charge in [0.2, 0.25) is 0 Å². The van der Waals surface area contributed by atoms with E-state index < -0.39 is 0 Å². The van der Waals surface area contributed by atoms with Crippen LogP contribution in [-0.4, -0.2) is 0 Å². The van der Waals surface area contributed by atoms with Crippen molar-refractivity contribution in [1.29, 1.82) is 0 Å². The summed E-state index contributed by atoms with van der Waals surface area (Å²) in [5.74, 6) is 0.958. The van der Waals surface area contributed by atoms with Gasteiger partial charge in [0.15, 0.2) is 0 Å². The molecule has 0 saturated heterocycles. The molecule has 0 aromatic heterocycles. The van der Waals surface area contributed by atoms with E-state index in [1.54, 1.807) is 0 Å². The lowest BCUT2D eigenvalue weighted by Gasteiger charge is -2.34. The number of hydrogen-bond acceptors (Lipinski definition) is 1. The van der Waals surface area contributed by atoms with Crippen LogP contribution in [0.2, 0.25) is 0 Å². The number of ether oxygens (including phenoxy) is 1. The normalized spacial score (nSPS) is 11.4. The van der Waals surface area contributed by atoms with E-state index in [-0.39, 0.29) is 5.41 Å². The average Bonchev–Trinajstić information content (AvgIpc) is 2.71. The highest BCUT2D eigenvalue weighted by atomic mass is 79.9. The molecular formula is C25H27BrO. The summed E-state index contributed by atoms with van der Waals surface area (Å²) in [5.41, 5.74) is 5.13. The van der Waals surface area contributed by atoms with Crippen LogP contribution >= 0.6 is 15.9 Å². The third-order valence-electron chi connectivity index (χ3n) is 5.57. The molecule has 1 nitrogen and oxygen atoms in total. The molecule has 0 aliphatic carbocycles. The van der Waals surface area contributed by atoms with Crippen molar-refractivity contribution in [2.24, 2.45) is 0 Å². The van der Waals surface area contributed by atoms with Crippen LogP contribution in [0.15, 0.2) is 77.3 Å². The molecule has 0 radical (unpaired) electrons. The van der Waals surface area contributed by atoms with Gasteiger partial charge in [-0.15, -0.1) is 0 Å². The Kier molecular flexibility index (Phi) is 6.38. The lowest BCUT2D eigenvalue weighted by Crippen LogP contribution is -2.26. The Morgan fingerprint density at radius 3 is 2.04 bits per heavy atom. The van der Waals surface area contributed by atoms with Gasteiger partial charge in [0.05, 0.1) is 0 Å². The van der Waals surface area contributed by atoms with Gasteiger partial charge in [-0.2, -0.15) is 0 Å². The van der Waals surface area contributed by atoms with E-state index in [0.29, 0.717) is 6.61 Å². The lowest BCUT2D eigenvalue weighted by atomic mass is 9.70. The first-order valence-corrected chi connectivity index (χ1v) is 10.4. The molecule has 140 valence electrons. The van der Waals surface area contributed by atoms with Crippen LogP contribution in [0.4, 0.5) is 0 Å². The second kappa shape index (κ2) is 8.75. The third-order valence-corrected chi connectivity index (χ3v) is 6.10. The molecule has 0 N–H and O–H groups in total. The van der Waals surface area contributed by atoms with Crippen LogP contribution in [0.3, 0.4) is 0 Å². The Bertz CT molecular complexity index is 865. The van der Waals surface area contributed by atoms with E-state index >= 15 is 0 Å². The summed E-state index contributed by atoms with van der Waals surface area (Å²) in [6.07, 6.45) is 2.13. The Morgan fingerprint density at radius 1 is 0.815 bits per heavy atom. The molecule has 3 aromatic carbocycles. The highest BCUT2D eigenvalue weighted by Gasteiger charge is 2.31. The van der Waals surface area contributed by atoms with Crippen molar-refractivity contribution in [3.63, 3.8) is 0 Å². The van der Waals surface area contributed by atoms with Crippen LogP contribution < -0.4 is 4.74 Å². The first-order chi connectivity index (χ1) is 13.1. The topological polar surface area (TPSA) is 9.23 Å². The fraction of sp³-hybridized carbons (Fsp3) is 0.280. The summed E-state index contributed by atoms with van der Waals surface area (Å²) in [5, 5.41) is 0. The zero-order valence-corrected chi connectivity index (χ0v) is 17.9. The smallest absolute Gasteiger partial charge is 0.122 e. The van der Waals surface area contributed by atoms with Crippen LogP contribution in [0.5, 0.6) is 5.75 Å². The predicted molar refractivity (Wildman–Crippen MR) is 117 cm³/mol. The molecule has 0 heterocycles. The molecule has 3 aromatic rings. The van der Waals surface area contributed by atoms with Crippen molar-refractivity contribution in [2.75, 3.05) is 0 Å². The molecule has 3 rings (SSSR count). The minimum atomic E-state index is 0.0312. The molecule has 0 bridgehead atoms. The maximum Gasteiger partial charge on any atom is 0.122 e. The standard InChI is InChI=1S/C25H27BrO/c1-4-25(5-2,21-11-14-23(26)15-12-21)22-13-16-24(19(3)17-22)27-18-20-9-7-6-8-10-20/h6-17H,4-5,18H2,1-3H3. The third kappa shape index (κ3) is 4.27. The van der Waals surface area contributed by atoms with Crippen molar-refractivity contribution in [1.82, 2.24) is 0 Å². The highest BCUT2D eigenvalue weighted by Crippen LogP contribution is 2.40. The van der Waals surface area contributed by atoms with E-state index in [2.05, 4.69) is 91.3 Å². The Hall–Kier alpha value is -2.06. The van der Waals surface area contributed by atoms with E-state index in [4.69, 9.17) is 4.74 Å². The Morgan fingerprint density at radius 2 is 1.44 bits per heavy atom. The largest absolute Gasteiger partial charge is 0.489 e. The molecule has 0 aliphatic rings. The van der Waals surface area contributed by atoms with E-state index in [9.17, 15) is 0 Å². The van der Waals surface area contributed by atoms with Gasteiger partial charge in [-0.3, -0.25) is 0 Å². The number of benzene rings is 3. The van der Waals surface area contributed by atoms with E-state index in [1.807, 2.05) is 18.2 Å². The predicted octanol–water partition coefficient (Wildman–Crippen LogP) is 7.44. The summed E-state index contributed by atoms with van der Waals surface area (Å²) in [6.45, 7) is 7.29. The summed E-state index contributed by atoms with van der Waals surface area (Å²) in [6, 6.07) is 25.7. The SMILES string of the molecule is CCC(CC)(c1ccc(Br)cc1)c1ccc(OCc2ccccc2)c(C)c1. The monoisotopic (exact) mass is 422 g/mol. The molecule has 27 heavy (non-hydrogen) atoms. The molecule has 0 atom stereocenters. The second-order valence-electron chi connectivity index (χ2n) is 7.05. The summed E-state index contributed by atoms with van der Waals surface area (Å²) >= 11 is 3.55. The summed E-state index contributed by atoms with van der Waals surface area (Å²) < 4.78 is 7.19. The number of hydrogen-bond donors (Lipinski definition) is 0. The average molecular weight is 423 g/mol. The molecular weight excluding hydrogens is 396 g/mol. The Balaban J connectivity index is 1.88. The fourth-order valence-corrected chi connectivity index (χ4v) is 4.11. The zero-order chi connectivity index (χ0) is 19.3. The Labute approximate surface area is 171 Å². The van der Waals surface area contributed by atoms with Crippen LogP contribution in [0, 0.1) is 6.92 Å². The van der Waals surface area contributed by atoms with E-state index in [0.717, 1.165) is 23.1 Å². The van der Waals surface area contributed by atoms with Gasteiger partial charge in [0.1, 0.15) is 12.4 Å². The van der Waals surface area contributed by atoms with Gasteiger partial charge in [-0.1, -0.05) is 84.4 Å². The first kappa shape index (κ1) is 19.7. The van der Waals surface area contributed by atoms with Crippen molar-refractivity contribution >= 4 is 15.9 Å². The minimum absolute atomic E-state index is 0.0312. The quantitative estimate of drug-likeness (QED) is 0.384. The van der Waals surface area contributed by atoms with Gasteiger partial charge < -0.3 is 4.74 Å². The van der Waals surface area contributed by atoms with Gasteiger partial charge >= 0.3 is 0 Å². The molecule has 0 aliphatic heterocycles. The van der Waals surface area contributed by atoms with Gasteiger partial charge in [-0.05, 0) is 60.2 Å². The maximum absolute atomic E-state index is 6.07. The van der Waals surface area contributed by atoms with Crippen molar-refractivity contribution < 1.29 is 4.74 Å². The van der Waals surface area contributed by atoms with E-state index in [1.165, 1.54) is 22.3 Å². The van der Waals surface area contributed by atoms with Crippen molar-refractivity contribution in [3.8, 4) is 5.75 Å². The maximum atomic E-state index is 6.07. The minimum Gasteiger partial charge on any atom is -0.489 e. The zero-order valence-electron chi connectivity index (χ0n) is 16.3. The summed E-state index contributed by atoms with van der Waals surface area (Å²) in [7, 11) is 0. The van der Waals surface area contributed by atoms with Crippen LogP contribution in [0.1, 0.15) is 48.9 Å². The number of rotatable bonds is 7. The second-order valence-corrected chi connectivity index (χ2v) is 7.97. The molecule has 0 fully saturated rings.